The summed E-state index contributed by atoms with van der Waals surface area (Å²) in [6, 6.07) is 10.1. The lowest BCUT2D eigenvalue weighted by atomic mass is 9.94. The number of halogens is 2. The Morgan fingerprint density at radius 3 is 2.70 bits per heavy atom. The topological polar surface area (TPSA) is 38.8 Å². The monoisotopic (exact) mass is 505 g/mol. The summed E-state index contributed by atoms with van der Waals surface area (Å²) in [6.45, 7) is 2.29. The zero-order valence-corrected chi connectivity index (χ0v) is 20.7. The zero-order chi connectivity index (χ0) is 23.4. The molecule has 2 aromatic carbocycles. The molecular weight excluding hydrogens is 481 g/mol. The Balaban J connectivity index is 1.53. The van der Waals surface area contributed by atoms with Gasteiger partial charge in [0.25, 0.3) is 5.91 Å². The van der Waals surface area contributed by atoms with E-state index >= 15 is 0 Å². The van der Waals surface area contributed by atoms with Crippen molar-refractivity contribution < 1.29 is 18.7 Å². The Morgan fingerprint density at radius 1 is 1.18 bits per heavy atom. The van der Waals surface area contributed by atoms with Gasteiger partial charge in [-0.2, -0.15) is 0 Å². The van der Waals surface area contributed by atoms with Crippen LogP contribution in [0.1, 0.15) is 50.2 Å². The van der Waals surface area contributed by atoms with E-state index in [1.54, 1.807) is 23.1 Å². The minimum absolute atomic E-state index is 0.0228. The molecule has 0 radical (unpaired) electrons. The first-order valence-corrected chi connectivity index (χ1v) is 12.7. The molecule has 1 aliphatic carbocycles. The molecule has 2 fully saturated rings. The molecule has 0 N–H and O–H groups in total. The van der Waals surface area contributed by atoms with Gasteiger partial charge in [-0.1, -0.05) is 67.0 Å². The van der Waals surface area contributed by atoms with Gasteiger partial charge >= 0.3 is 0 Å². The molecule has 1 saturated carbocycles. The Morgan fingerprint density at radius 2 is 1.97 bits per heavy atom. The van der Waals surface area contributed by atoms with Crippen molar-refractivity contribution in [1.82, 2.24) is 4.90 Å². The number of hydrogen-bond acceptors (Lipinski definition) is 5. The van der Waals surface area contributed by atoms with Crippen LogP contribution in [0.15, 0.2) is 41.3 Å². The quantitative estimate of drug-likeness (QED) is 0.299. The van der Waals surface area contributed by atoms with Crippen molar-refractivity contribution in [3.63, 3.8) is 0 Å². The summed E-state index contributed by atoms with van der Waals surface area (Å²) in [5.41, 5.74) is 1.09. The Bertz CT molecular complexity index is 1070. The highest BCUT2D eigenvalue weighted by atomic mass is 35.5. The van der Waals surface area contributed by atoms with Crippen molar-refractivity contribution in [3.05, 3.63) is 63.3 Å². The lowest BCUT2D eigenvalue weighted by Crippen LogP contribution is -2.39. The van der Waals surface area contributed by atoms with Gasteiger partial charge in [-0.05, 0) is 55.7 Å². The van der Waals surface area contributed by atoms with E-state index in [1.807, 2.05) is 25.1 Å². The van der Waals surface area contributed by atoms with Crippen LogP contribution < -0.4 is 9.47 Å². The van der Waals surface area contributed by atoms with Crippen molar-refractivity contribution in [2.45, 2.75) is 51.7 Å². The molecular formula is C25H25ClFNO3S2. The second kappa shape index (κ2) is 10.9. The predicted molar refractivity (Wildman–Crippen MR) is 135 cm³/mol. The van der Waals surface area contributed by atoms with Gasteiger partial charge in [0.05, 0.1) is 16.5 Å². The molecule has 174 valence electrons. The summed E-state index contributed by atoms with van der Waals surface area (Å²) in [4.78, 5) is 15.5. The van der Waals surface area contributed by atoms with Gasteiger partial charge < -0.3 is 9.47 Å². The number of nitrogens with zero attached hydrogens (tertiary/aromatic N) is 1. The molecule has 33 heavy (non-hydrogen) atoms. The van der Waals surface area contributed by atoms with Crippen molar-refractivity contribution >= 4 is 51.9 Å². The molecule has 0 bridgehead atoms. The number of amides is 1. The zero-order valence-electron chi connectivity index (χ0n) is 18.3. The SMILES string of the molecule is CCOc1cc(/C=C2/SC(=S)N(C3CCCCC3)C2=O)ccc1OCc1c(F)cccc1Cl. The Labute approximate surface area is 208 Å². The molecule has 0 unspecified atom stereocenters. The van der Waals surface area contributed by atoms with Crippen molar-refractivity contribution in [3.8, 4) is 11.5 Å². The van der Waals surface area contributed by atoms with Crippen LogP contribution in [0.5, 0.6) is 11.5 Å². The average Bonchev–Trinajstić information content (AvgIpc) is 3.08. The van der Waals surface area contributed by atoms with E-state index < -0.39 is 5.82 Å². The summed E-state index contributed by atoms with van der Waals surface area (Å²) in [7, 11) is 0. The van der Waals surface area contributed by atoms with Crippen molar-refractivity contribution in [2.24, 2.45) is 0 Å². The standard InChI is InChI=1S/C25H25ClFNO3S2/c1-2-30-22-13-16(11-12-21(22)31-15-18-19(26)9-6-10-20(18)27)14-23-24(29)28(25(32)33-23)17-7-4-3-5-8-17/h6,9-14,17H,2-5,7-8,15H2,1H3/b23-14+. The largest absolute Gasteiger partial charge is 0.490 e. The molecule has 0 spiro atoms. The van der Waals surface area contributed by atoms with Crippen LogP contribution in [0, 0.1) is 5.82 Å². The van der Waals surface area contributed by atoms with Crippen LogP contribution in [-0.2, 0) is 11.4 Å². The highest BCUT2D eigenvalue weighted by Gasteiger charge is 2.37. The highest BCUT2D eigenvalue weighted by Crippen LogP contribution is 2.38. The normalized spacial score (nSPS) is 18.3. The minimum Gasteiger partial charge on any atom is -0.490 e. The van der Waals surface area contributed by atoms with Crippen molar-refractivity contribution in [1.29, 1.82) is 0 Å². The highest BCUT2D eigenvalue weighted by molar-refractivity contribution is 8.26. The maximum atomic E-state index is 14.1. The Hall–Kier alpha value is -2.09. The fraction of sp³-hybridized carbons (Fsp3) is 0.360. The number of thioether (sulfide) groups is 1. The van der Waals surface area contributed by atoms with Crippen LogP contribution >= 0.6 is 35.6 Å². The van der Waals surface area contributed by atoms with Gasteiger partial charge in [-0.25, -0.2) is 4.39 Å². The van der Waals surface area contributed by atoms with Crippen LogP contribution in [0.3, 0.4) is 0 Å². The first-order valence-electron chi connectivity index (χ1n) is 11.1. The van der Waals surface area contributed by atoms with E-state index in [0.29, 0.717) is 32.4 Å². The molecule has 2 aromatic rings. The first-order chi connectivity index (χ1) is 16.0. The lowest BCUT2D eigenvalue weighted by molar-refractivity contribution is -0.124. The molecule has 4 nitrogen and oxygen atoms in total. The number of thiocarbonyl (C=S) groups is 1. The molecule has 1 heterocycles. The fourth-order valence-electron chi connectivity index (χ4n) is 4.11. The third-order valence-electron chi connectivity index (χ3n) is 5.76. The van der Waals surface area contributed by atoms with Gasteiger partial charge in [0, 0.05) is 11.6 Å². The van der Waals surface area contributed by atoms with Crippen LogP contribution in [0.25, 0.3) is 6.08 Å². The molecule has 1 aliphatic heterocycles. The van der Waals surface area contributed by atoms with E-state index in [9.17, 15) is 9.18 Å². The number of ether oxygens (including phenoxy) is 2. The second-order valence-corrected chi connectivity index (χ2v) is 10.1. The number of carbonyl (C=O) groups excluding carboxylic acids is 1. The van der Waals surface area contributed by atoms with Gasteiger partial charge in [-0.3, -0.25) is 9.69 Å². The van der Waals surface area contributed by atoms with Crippen LogP contribution in [0.4, 0.5) is 4.39 Å². The van der Waals surface area contributed by atoms with E-state index in [-0.39, 0.29) is 24.1 Å². The first kappa shape index (κ1) is 24.0. The summed E-state index contributed by atoms with van der Waals surface area (Å²) in [6.07, 6.45) is 7.34. The Kier molecular flexibility index (Phi) is 7.94. The minimum atomic E-state index is -0.419. The van der Waals surface area contributed by atoms with E-state index in [4.69, 9.17) is 33.3 Å². The van der Waals surface area contributed by atoms with E-state index in [2.05, 4.69) is 0 Å². The van der Waals surface area contributed by atoms with Crippen LogP contribution in [-0.4, -0.2) is 27.8 Å². The van der Waals surface area contributed by atoms with E-state index in [0.717, 1.165) is 31.2 Å². The third kappa shape index (κ3) is 5.53. The average molecular weight is 506 g/mol. The summed E-state index contributed by atoms with van der Waals surface area (Å²) in [5, 5.41) is 0.310. The molecule has 0 aromatic heterocycles. The maximum absolute atomic E-state index is 14.1. The lowest BCUT2D eigenvalue weighted by Gasteiger charge is -2.29. The van der Waals surface area contributed by atoms with Gasteiger partial charge in [0.1, 0.15) is 16.7 Å². The second-order valence-electron chi connectivity index (χ2n) is 7.97. The van der Waals surface area contributed by atoms with Gasteiger partial charge in [0.2, 0.25) is 0 Å². The van der Waals surface area contributed by atoms with Crippen molar-refractivity contribution in [2.75, 3.05) is 6.61 Å². The molecule has 0 atom stereocenters. The van der Waals surface area contributed by atoms with Gasteiger partial charge in [-0.15, -0.1) is 0 Å². The number of carbonyl (C=O) groups is 1. The molecule has 4 rings (SSSR count). The summed E-state index contributed by atoms with van der Waals surface area (Å²) >= 11 is 13.0. The molecule has 8 heteroatoms. The summed E-state index contributed by atoms with van der Waals surface area (Å²) in [5.74, 6) is 0.547. The molecule has 1 saturated heterocycles. The molecule has 1 amide bonds. The number of hydrogen-bond donors (Lipinski definition) is 0. The number of rotatable bonds is 7. The van der Waals surface area contributed by atoms with Gasteiger partial charge in [0.15, 0.2) is 11.5 Å². The number of benzene rings is 2. The summed E-state index contributed by atoms with van der Waals surface area (Å²) < 4.78 is 26.3. The smallest absolute Gasteiger partial charge is 0.266 e. The fourth-order valence-corrected chi connectivity index (χ4v) is 5.73. The van der Waals surface area contributed by atoms with E-state index in [1.165, 1.54) is 24.2 Å². The maximum Gasteiger partial charge on any atom is 0.266 e. The predicted octanol–water partition coefficient (Wildman–Crippen LogP) is 6.99. The molecule has 2 aliphatic rings. The third-order valence-corrected chi connectivity index (χ3v) is 7.45. The van der Waals surface area contributed by atoms with Crippen LogP contribution in [0.2, 0.25) is 5.02 Å².